The molecule has 1 saturated carbocycles. The molecule has 0 bridgehead atoms. The second-order valence-electron chi connectivity index (χ2n) is 3.65. The summed E-state index contributed by atoms with van der Waals surface area (Å²) in [5, 5.41) is 0. The Balaban J connectivity index is 0.000001000. The smallest absolute Gasteiger partial charge is 0.00408 e. The van der Waals surface area contributed by atoms with Gasteiger partial charge in [-0.3, -0.25) is 0 Å². The van der Waals surface area contributed by atoms with E-state index in [0.29, 0.717) is 0 Å². The summed E-state index contributed by atoms with van der Waals surface area (Å²) in [6.07, 6.45) is 5.45. The van der Waals surface area contributed by atoms with E-state index in [2.05, 4.69) is 25.9 Å². The minimum atomic E-state index is 0. The molecule has 1 rings (SSSR count). The molecule has 1 nitrogen and oxygen atoms in total. The zero-order valence-corrected chi connectivity index (χ0v) is 10.7. The van der Waals surface area contributed by atoms with Gasteiger partial charge in [-0.15, -0.1) is 0 Å². The van der Waals surface area contributed by atoms with Crippen LogP contribution < -0.4 is 0 Å². The average molecular weight is 324 g/mol. The first-order chi connectivity index (χ1) is 4.70. The largest absolute Gasteiger partial charge is 0.317 e. The third-order valence-electron chi connectivity index (χ3n) is 2.54. The maximum atomic E-state index is 2.35. The molecule has 0 radical (unpaired) electrons. The van der Waals surface area contributed by atoms with Gasteiger partial charge in [0.15, 0.2) is 0 Å². The molecule has 0 aliphatic heterocycles. The molecule has 0 N–H and O–H groups in total. The van der Waals surface area contributed by atoms with Crippen LogP contribution in [0, 0.1) is 5.92 Å². The summed E-state index contributed by atoms with van der Waals surface area (Å²) in [5.74, 6) is 1.69. The third-order valence-corrected chi connectivity index (χ3v) is 2.54. The van der Waals surface area contributed by atoms with Gasteiger partial charge < -0.3 is 10.8 Å². The molecule has 0 heterocycles. The van der Waals surface area contributed by atoms with Crippen molar-refractivity contribution in [3.8, 4) is 0 Å². The van der Waals surface area contributed by atoms with Crippen LogP contribution in [-0.2, 0) is 21.1 Å². The molecule has 0 atom stereocenters. The molecule has 2 heteroatoms. The van der Waals surface area contributed by atoms with Crippen molar-refractivity contribution in [2.75, 3.05) is 14.1 Å². The summed E-state index contributed by atoms with van der Waals surface area (Å²) < 4.78 is 0. The van der Waals surface area contributed by atoms with Crippen molar-refractivity contribution < 1.29 is 21.1 Å². The zero-order chi connectivity index (χ0) is 7.56. The molecular formula is C9H18NW-. The molecule has 66 valence electrons. The van der Waals surface area contributed by atoms with E-state index < -0.39 is 0 Å². The van der Waals surface area contributed by atoms with Gasteiger partial charge in [0.25, 0.3) is 0 Å². The first kappa shape index (κ1) is 11.6. The van der Waals surface area contributed by atoms with E-state index in [1.807, 2.05) is 0 Å². The van der Waals surface area contributed by atoms with E-state index in [1.165, 1.54) is 25.7 Å². The van der Waals surface area contributed by atoms with Crippen LogP contribution in [0.2, 0.25) is 0 Å². The van der Waals surface area contributed by atoms with Crippen LogP contribution >= 0.6 is 0 Å². The van der Waals surface area contributed by atoms with Gasteiger partial charge in [-0.2, -0.15) is 19.8 Å². The van der Waals surface area contributed by atoms with Gasteiger partial charge in [0.2, 0.25) is 0 Å². The Labute approximate surface area is 84.8 Å². The van der Waals surface area contributed by atoms with Gasteiger partial charge in [-0.1, -0.05) is 12.8 Å². The molecule has 1 fully saturated rings. The molecule has 0 amide bonds. The maximum Gasteiger partial charge on any atom is 0.00408 e. The van der Waals surface area contributed by atoms with Gasteiger partial charge in [0.05, 0.1) is 0 Å². The fourth-order valence-corrected chi connectivity index (χ4v) is 1.61. The van der Waals surface area contributed by atoms with Crippen LogP contribution in [0.4, 0.5) is 0 Å². The Morgan fingerprint density at radius 2 is 1.64 bits per heavy atom. The van der Waals surface area contributed by atoms with E-state index in [9.17, 15) is 0 Å². The van der Waals surface area contributed by atoms with Gasteiger partial charge in [-0.05, 0) is 14.1 Å². The quantitative estimate of drug-likeness (QED) is 0.668. The molecular weight excluding hydrogens is 306 g/mol. The predicted molar refractivity (Wildman–Crippen MR) is 44.9 cm³/mol. The van der Waals surface area contributed by atoms with Crippen LogP contribution in [-0.4, -0.2) is 25.0 Å². The average Bonchev–Trinajstić information content (AvgIpc) is 1.88. The Morgan fingerprint density at radius 3 is 2.00 bits per heavy atom. The topological polar surface area (TPSA) is 3.24 Å². The first-order valence-electron chi connectivity index (χ1n) is 4.18. The summed E-state index contributed by atoms with van der Waals surface area (Å²) in [6, 6.07) is 0.851. The standard InChI is InChI=1S/C9H18N.W/c1-8-4-6-9(7-5-8)10(2)3;/h9H,4-7H2,1-3H3;/q-1;. The van der Waals surface area contributed by atoms with Crippen LogP contribution in [0.3, 0.4) is 0 Å². The summed E-state index contributed by atoms with van der Waals surface area (Å²) in [7, 11) is 4.37. The minimum Gasteiger partial charge on any atom is -0.317 e. The molecule has 0 aromatic rings. The van der Waals surface area contributed by atoms with Crippen LogP contribution in [0.25, 0.3) is 0 Å². The molecule has 0 aromatic carbocycles. The van der Waals surface area contributed by atoms with Gasteiger partial charge in [0.1, 0.15) is 0 Å². The number of hydrogen-bond acceptors (Lipinski definition) is 1. The van der Waals surface area contributed by atoms with Gasteiger partial charge in [-0.25, -0.2) is 0 Å². The molecule has 0 spiro atoms. The SMILES string of the molecule is C[C-]1CCC(N(C)C)CC1.[W]. The van der Waals surface area contributed by atoms with Crippen LogP contribution in [0.15, 0.2) is 0 Å². The molecule has 0 saturated heterocycles. The third kappa shape index (κ3) is 3.71. The Hall–Kier alpha value is 0.648. The van der Waals surface area contributed by atoms with Crippen molar-refractivity contribution in [2.24, 2.45) is 0 Å². The van der Waals surface area contributed by atoms with E-state index in [1.54, 1.807) is 5.92 Å². The number of hydrogen-bond donors (Lipinski definition) is 0. The Bertz CT molecular complexity index is 95.7. The second-order valence-corrected chi connectivity index (χ2v) is 3.65. The summed E-state index contributed by atoms with van der Waals surface area (Å²) in [6.45, 7) is 2.28. The van der Waals surface area contributed by atoms with Crippen molar-refractivity contribution in [2.45, 2.75) is 38.6 Å². The summed E-state index contributed by atoms with van der Waals surface area (Å²) in [5.41, 5.74) is 0. The van der Waals surface area contributed by atoms with E-state index in [0.717, 1.165) is 6.04 Å². The van der Waals surface area contributed by atoms with Gasteiger partial charge in [0, 0.05) is 27.1 Å². The predicted octanol–water partition coefficient (Wildman–Crippen LogP) is 2.08. The maximum absolute atomic E-state index is 2.35. The number of nitrogens with zero attached hydrogens (tertiary/aromatic N) is 1. The first-order valence-corrected chi connectivity index (χ1v) is 4.18. The molecule has 1 aliphatic rings. The van der Waals surface area contributed by atoms with E-state index in [-0.39, 0.29) is 21.1 Å². The Kier molecular flexibility index (Phi) is 5.64. The van der Waals surface area contributed by atoms with Crippen molar-refractivity contribution in [1.82, 2.24) is 4.90 Å². The summed E-state index contributed by atoms with van der Waals surface area (Å²) >= 11 is 0. The zero-order valence-electron chi connectivity index (χ0n) is 7.76. The van der Waals surface area contributed by atoms with Crippen LogP contribution in [0.5, 0.6) is 0 Å². The van der Waals surface area contributed by atoms with Gasteiger partial charge >= 0.3 is 0 Å². The fraction of sp³-hybridized carbons (Fsp3) is 0.889. The number of rotatable bonds is 1. The van der Waals surface area contributed by atoms with Crippen LogP contribution in [0.1, 0.15) is 32.6 Å². The normalized spacial score (nSPS) is 21.8. The van der Waals surface area contributed by atoms with Crippen molar-refractivity contribution in [3.63, 3.8) is 0 Å². The molecule has 1 aliphatic carbocycles. The van der Waals surface area contributed by atoms with Crippen molar-refractivity contribution >= 4 is 0 Å². The Morgan fingerprint density at radius 1 is 1.18 bits per heavy atom. The fourth-order valence-electron chi connectivity index (χ4n) is 1.61. The van der Waals surface area contributed by atoms with Crippen molar-refractivity contribution in [3.05, 3.63) is 5.92 Å². The molecule has 0 aromatic heterocycles. The monoisotopic (exact) mass is 324 g/mol. The molecule has 11 heavy (non-hydrogen) atoms. The molecule has 0 unspecified atom stereocenters. The minimum absolute atomic E-state index is 0. The van der Waals surface area contributed by atoms with E-state index >= 15 is 0 Å². The second kappa shape index (κ2) is 5.32. The van der Waals surface area contributed by atoms with E-state index in [4.69, 9.17) is 0 Å². The summed E-state index contributed by atoms with van der Waals surface area (Å²) in [4.78, 5) is 2.35. The van der Waals surface area contributed by atoms with Crippen molar-refractivity contribution in [1.29, 1.82) is 0 Å².